The highest BCUT2D eigenvalue weighted by molar-refractivity contribution is 6.30. The van der Waals surface area contributed by atoms with E-state index >= 15 is 0 Å². The van der Waals surface area contributed by atoms with Gasteiger partial charge in [0.05, 0.1) is 11.3 Å². The van der Waals surface area contributed by atoms with E-state index in [1.807, 2.05) is 0 Å². The molecule has 3 rings (SSSR count). The largest absolute Gasteiger partial charge is 0.452 e. The van der Waals surface area contributed by atoms with Crippen LogP contribution >= 0.6 is 11.6 Å². The lowest BCUT2D eigenvalue weighted by atomic mass is 10.2. The van der Waals surface area contributed by atoms with Gasteiger partial charge in [-0.1, -0.05) is 11.6 Å². The maximum Gasteiger partial charge on any atom is 0.338 e. The number of carbonyl (C=O) groups is 3. The first-order valence-electron chi connectivity index (χ1n) is 8.26. The summed E-state index contributed by atoms with van der Waals surface area (Å²) in [7, 11) is 0. The summed E-state index contributed by atoms with van der Waals surface area (Å²) in [6.07, 6.45) is 1.33. The highest BCUT2D eigenvalue weighted by Crippen LogP contribution is 2.22. The van der Waals surface area contributed by atoms with E-state index in [1.165, 1.54) is 24.3 Å². The van der Waals surface area contributed by atoms with E-state index in [0.717, 1.165) is 12.5 Å². The maximum atomic E-state index is 13.6. The van der Waals surface area contributed by atoms with Gasteiger partial charge in [0.15, 0.2) is 6.61 Å². The van der Waals surface area contributed by atoms with E-state index in [1.54, 1.807) is 17.0 Å². The second-order valence-corrected chi connectivity index (χ2v) is 6.38. The molecule has 0 radical (unpaired) electrons. The van der Waals surface area contributed by atoms with Crippen molar-refractivity contribution in [3.63, 3.8) is 0 Å². The molecular weight excluding hydrogens is 375 g/mol. The van der Waals surface area contributed by atoms with Crippen LogP contribution in [-0.2, 0) is 14.3 Å². The van der Waals surface area contributed by atoms with Gasteiger partial charge in [-0.3, -0.25) is 9.59 Å². The zero-order valence-electron chi connectivity index (χ0n) is 14.2. The Balaban J connectivity index is 1.55. The van der Waals surface area contributed by atoms with Crippen LogP contribution in [0.2, 0.25) is 5.02 Å². The summed E-state index contributed by atoms with van der Waals surface area (Å²) in [6, 6.07) is 10.1. The van der Waals surface area contributed by atoms with Crippen LogP contribution < -0.4 is 10.2 Å². The molecule has 140 valence electrons. The van der Waals surface area contributed by atoms with Crippen molar-refractivity contribution in [1.29, 1.82) is 0 Å². The molecule has 0 spiro atoms. The molecule has 1 fully saturated rings. The monoisotopic (exact) mass is 390 g/mol. The molecule has 2 aromatic carbocycles. The minimum Gasteiger partial charge on any atom is -0.452 e. The average molecular weight is 391 g/mol. The van der Waals surface area contributed by atoms with E-state index < -0.39 is 24.3 Å². The summed E-state index contributed by atoms with van der Waals surface area (Å²) in [4.78, 5) is 37.3. The Labute approximate surface area is 159 Å². The molecule has 6 nitrogen and oxygen atoms in total. The van der Waals surface area contributed by atoms with Crippen molar-refractivity contribution in [2.45, 2.75) is 12.8 Å². The Bertz CT molecular complexity index is 886. The van der Waals surface area contributed by atoms with Gasteiger partial charge in [0.25, 0.3) is 5.91 Å². The van der Waals surface area contributed by atoms with Gasteiger partial charge in [-0.05, 0) is 48.9 Å². The van der Waals surface area contributed by atoms with Crippen molar-refractivity contribution in [3.05, 3.63) is 58.9 Å². The average Bonchev–Trinajstić information content (AvgIpc) is 3.09. The Morgan fingerprint density at radius 2 is 1.93 bits per heavy atom. The fraction of sp³-hybridized carbons (Fsp3) is 0.211. The van der Waals surface area contributed by atoms with Crippen LogP contribution in [0, 0.1) is 5.82 Å². The minimum absolute atomic E-state index is 0.0512. The lowest BCUT2D eigenvalue weighted by Gasteiger charge is -2.15. The predicted molar refractivity (Wildman–Crippen MR) is 98.4 cm³/mol. The van der Waals surface area contributed by atoms with Crippen molar-refractivity contribution >= 4 is 40.8 Å². The van der Waals surface area contributed by atoms with E-state index in [9.17, 15) is 18.8 Å². The van der Waals surface area contributed by atoms with E-state index in [2.05, 4.69) is 5.32 Å². The van der Waals surface area contributed by atoms with E-state index in [0.29, 0.717) is 18.7 Å². The third-order valence-electron chi connectivity index (χ3n) is 4.02. The van der Waals surface area contributed by atoms with Crippen LogP contribution in [0.15, 0.2) is 42.5 Å². The normalized spacial score (nSPS) is 13.6. The molecule has 1 aliphatic rings. The first-order chi connectivity index (χ1) is 12.9. The molecule has 0 bridgehead atoms. The quantitative estimate of drug-likeness (QED) is 0.794. The third-order valence-corrected chi connectivity index (χ3v) is 4.26. The molecule has 2 amide bonds. The number of nitrogens with one attached hydrogen (secondary N) is 1. The summed E-state index contributed by atoms with van der Waals surface area (Å²) in [5.74, 6) is -1.99. The van der Waals surface area contributed by atoms with Crippen molar-refractivity contribution in [3.8, 4) is 0 Å². The number of hydrogen-bond donors (Lipinski definition) is 1. The SMILES string of the molecule is O=C(COC(=O)c1ccc(N2CCCC2=O)cc1)Nc1cc(Cl)ccc1F. The zero-order chi connectivity index (χ0) is 19.4. The number of carbonyl (C=O) groups excluding carboxylic acids is 3. The lowest BCUT2D eigenvalue weighted by molar-refractivity contribution is -0.119. The molecule has 0 aromatic heterocycles. The molecule has 0 unspecified atom stereocenters. The third kappa shape index (κ3) is 4.62. The van der Waals surface area contributed by atoms with Crippen LogP contribution in [0.4, 0.5) is 15.8 Å². The highest BCUT2D eigenvalue weighted by Gasteiger charge is 2.22. The summed E-state index contributed by atoms with van der Waals surface area (Å²) in [5.41, 5.74) is 0.860. The van der Waals surface area contributed by atoms with E-state index in [-0.39, 0.29) is 22.2 Å². The number of benzene rings is 2. The lowest BCUT2D eigenvalue weighted by Crippen LogP contribution is -2.24. The zero-order valence-corrected chi connectivity index (χ0v) is 15.0. The Morgan fingerprint density at radius 3 is 2.59 bits per heavy atom. The molecule has 1 aliphatic heterocycles. The smallest absolute Gasteiger partial charge is 0.338 e. The van der Waals surface area contributed by atoms with Gasteiger partial charge in [-0.15, -0.1) is 0 Å². The van der Waals surface area contributed by atoms with Crippen LogP contribution in [-0.4, -0.2) is 30.9 Å². The second-order valence-electron chi connectivity index (χ2n) is 5.94. The topological polar surface area (TPSA) is 75.7 Å². The molecule has 0 atom stereocenters. The maximum absolute atomic E-state index is 13.6. The van der Waals surface area contributed by atoms with Crippen LogP contribution in [0.25, 0.3) is 0 Å². The molecule has 1 heterocycles. The highest BCUT2D eigenvalue weighted by atomic mass is 35.5. The Kier molecular flexibility index (Phi) is 5.71. The van der Waals surface area contributed by atoms with Crippen LogP contribution in [0.5, 0.6) is 0 Å². The molecular formula is C19H16ClFN2O4. The number of ether oxygens (including phenoxy) is 1. The molecule has 27 heavy (non-hydrogen) atoms. The second kappa shape index (κ2) is 8.18. The number of amides is 2. The Hall–Kier alpha value is -2.93. The number of anilines is 2. The number of halogens is 2. The fourth-order valence-electron chi connectivity index (χ4n) is 2.69. The summed E-state index contributed by atoms with van der Waals surface area (Å²) < 4.78 is 18.5. The summed E-state index contributed by atoms with van der Waals surface area (Å²) in [5, 5.41) is 2.55. The number of nitrogens with zero attached hydrogens (tertiary/aromatic N) is 1. The van der Waals surface area contributed by atoms with E-state index in [4.69, 9.17) is 16.3 Å². The number of esters is 1. The fourth-order valence-corrected chi connectivity index (χ4v) is 2.86. The molecule has 1 N–H and O–H groups in total. The van der Waals surface area contributed by atoms with Crippen molar-refractivity contribution in [2.24, 2.45) is 0 Å². The number of hydrogen-bond acceptors (Lipinski definition) is 4. The number of rotatable bonds is 5. The first kappa shape index (κ1) is 18.8. The van der Waals surface area contributed by atoms with Crippen LogP contribution in [0.3, 0.4) is 0 Å². The molecule has 0 aliphatic carbocycles. The van der Waals surface area contributed by atoms with Gasteiger partial charge in [0.2, 0.25) is 5.91 Å². The summed E-state index contributed by atoms with van der Waals surface area (Å²) in [6.45, 7) is 0.0833. The molecule has 8 heteroatoms. The van der Waals surface area contributed by atoms with Gasteiger partial charge < -0.3 is 15.0 Å². The van der Waals surface area contributed by atoms with Gasteiger partial charge in [-0.2, -0.15) is 0 Å². The standard InChI is InChI=1S/C19H16ClFN2O4/c20-13-5-8-15(21)16(10-13)22-17(24)11-27-19(26)12-3-6-14(7-4-12)23-9-1-2-18(23)25/h3-8,10H,1-2,9,11H2,(H,22,24). The minimum atomic E-state index is -0.698. The Morgan fingerprint density at radius 1 is 1.19 bits per heavy atom. The molecule has 2 aromatic rings. The van der Waals surface area contributed by atoms with Gasteiger partial charge in [0, 0.05) is 23.7 Å². The van der Waals surface area contributed by atoms with Crippen molar-refractivity contribution in [2.75, 3.05) is 23.4 Å². The first-order valence-corrected chi connectivity index (χ1v) is 8.64. The molecule has 1 saturated heterocycles. The molecule has 0 saturated carbocycles. The van der Waals surface area contributed by atoms with Gasteiger partial charge in [0.1, 0.15) is 5.82 Å². The summed E-state index contributed by atoms with van der Waals surface area (Å²) >= 11 is 5.75. The van der Waals surface area contributed by atoms with Crippen molar-refractivity contribution in [1.82, 2.24) is 0 Å². The van der Waals surface area contributed by atoms with Gasteiger partial charge >= 0.3 is 5.97 Å². The van der Waals surface area contributed by atoms with Crippen molar-refractivity contribution < 1.29 is 23.5 Å². The predicted octanol–water partition coefficient (Wildman–Crippen LogP) is 3.40. The van der Waals surface area contributed by atoms with Crippen LogP contribution in [0.1, 0.15) is 23.2 Å². The van der Waals surface area contributed by atoms with Gasteiger partial charge in [-0.25, -0.2) is 9.18 Å².